The fourth-order valence-electron chi connectivity index (χ4n) is 4.18. The van der Waals surface area contributed by atoms with E-state index in [2.05, 4.69) is 18.7 Å². The maximum absolute atomic E-state index is 13.1. The zero-order valence-corrected chi connectivity index (χ0v) is 16.6. The Hall–Kier alpha value is -2.66. The van der Waals surface area contributed by atoms with Crippen molar-refractivity contribution >= 4 is 27.7 Å². The molecule has 0 atom stereocenters. The Morgan fingerprint density at radius 3 is 1.96 bits per heavy atom. The fraction of sp³-hybridized carbons (Fsp3) is 0.391. The normalized spacial score (nSPS) is 15.6. The fourth-order valence-corrected chi connectivity index (χ4v) is 4.18. The van der Waals surface area contributed by atoms with Gasteiger partial charge in [0.1, 0.15) is 6.54 Å². The number of carbonyl (C=O) groups is 1. The standard InChI is InChI=1S/C23H27N3O2/c1-17(2)15-24-11-13-25(14-12-24)22(27)16-26-20-9-5-3-7-18(20)23(28)19-8-4-6-10-21(19)26/h3-10,17H,11-16H2,1-2H3. The third kappa shape index (κ3) is 3.54. The highest BCUT2D eigenvalue weighted by Crippen LogP contribution is 2.19. The number of pyridine rings is 1. The van der Waals surface area contributed by atoms with Crippen LogP contribution in [0, 0.1) is 5.92 Å². The van der Waals surface area contributed by atoms with Gasteiger partial charge in [-0.3, -0.25) is 14.5 Å². The van der Waals surface area contributed by atoms with Gasteiger partial charge in [-0.25, -0.2) is 0 Å². The first kappa shape index (κ1) is 18.7. The van der Waals surface area contributed by atoms with Gasteiger partial charge in [0.05, 0.1) is 11.0 Å². The van der Waals surface area contributed by atoms with Gasteiger partial charge in [-0.2, -0.15) is 0 Å². The lowest BCUT2D eigenvalue weighted by Gasteiger charge is -2.35. The smallest absolute Gasteiger partial charge is 0.242 e. The molecule has 0 bridgehead atoms. The van der Waals surface area contributed by atoms with Crippen molar-refractivity contribution in [2.75, 3.05) is 32.7 Å². The summed E-state index contributed by atoms with van der Waals surface area (Å²) in [5.41, 5.74) is 1.66. The summed E-state index contributed by atoms with van der Waals surface area (Å²) in [6.07, 6.45) is 0. The van der Waals surface area contributed by atoms with Crippen LogP contribution in [-0.4, -0.2) is 53.0 Å². The summed E-state index contributed by atoms with van der Waals surface area (Å²) in [6, 6.07) is 15.1. The number of nitrogens with zero attached hydrogens (tertiary/aromatic N) is 3. The molecule has 1 aromatic heterocycles. The molecule has 0 N–H and O–H groups in total. The van der Waals surface area contributed by atoms with Crippen LogP contribution in [0.25, 0.3) is 21.8 Å². The number of piperazine rings is 1. The first-order valence-electron chi connectivity index (χ1n) is 10.0. The number of amides is 1. The van der Waals surface area contributed by atoms with Crippen molar-refractivity contribution in [3.8, 4) is 0 Å². The summed E-state index contributed by atoms with van der Waals surface area (Å²) in [7, 11) is 0. The average molecular weight is 377 g/mol. The second-order valence-electron chi connectivity index (χ2n) is 8.02. The zero-order valence-electron chi connectivity index (χ0n) is 16.6. The Morgan fingerprint density at radius 2 is 1.43 bits per heavy atom. The van der Waals surface area contributed by atoms with Crippen LogP contribution in [0.15, 0.2) is 53.3 Å². The molecule has 1 aliphatic rings. The highest BCUT2D eigenvalue weighted by atomic mass is 16.2. The lowest BCUT2D eigenvalue weighted by atomic mass is 10.1. The average Bonchev–Trinajstić information content (AvgIpc) is 2.71. The second-order valence-corrected chi connectivity index (χ2v) is 8.02. The molecule has 1 fully saturated rings. The van der Waals surface area contributed by atoms with Crippen molar-refractivity contribution in [1.29, 1.82) is 0 Å². The Labute approximate surface area is 165 Å². The molecular formula is C23H27N3O2. The van der Waals surface area contributed by atoms with E-state index in [-0.39, 0.29) is 17.9 Å². The van der Waals surface area contributed by atoms with Gasteiger partial charge >= 0.3 is 0 Å². The highest BCUT2D eigenvalue weighted by molar-refractivity contribution is 5.94. The van der Waals surface area contributed by atoms with Gasteiger partial charge in [0.25, 0.3) is 0 Å². The number of carbonyl (C=O) groups excluding carboxylic acids is 1. The van der Waals surface area contributed by atoms with Gasteiger partial charge in [0.2, 0.25) is 5.91 Å². The minimum absolute atomic E-state index is 0.0252. The molecule has 5 heteroatoms. The molecule has 0 saturated carbocycles. The third-order valence-corrected chi connectivity index (χ3v) is 5.52. The third-order valence-electron chi connectivity index (χ3n) is 5.52. The molecule has 1 amide bonds. The van der Waals surface area contributed by atoms with Crippen molar-refractivity contribution in [3.63, 3.8) is 0 Å². The SMILES string of the molecule is CC(C)CN1CCN(C(=O)Cn2c3ccccc3c(=O)c3ccccc32)CC1. The number of benzene rings is 2. The van der Waals surface area contributed by atoms with Gasteiger partial charge in [0, 0.05) is 43.5 Å². The molecule has 28 heavy (non-hydrogen) atoms. The van der Waals surface area contributed by atoms with Crippen LogP contribution in [0.1, 0.15) is 13.8 Å². The van der Waals surface area contributed by atoms with Crippen LogP contribution in [0.4, 0.5) is 0 Å². The highest BCUT2D eigenvalue weighted by Gasteiger charge is 2.22. The van der Waals surface area contributed by atoms with Crippen LogP contribution in [0.3, 0.4) is 0 Å². The number of rotatable bonds is 4. The molecule has 0 spiro atoms. The summed E-state index contributed by atoms with van der Waals surface area (Å²) >= 11 is 0. The summed E-state index contributed by atoms with van der Waals surface area (Å²) in [5, 5.41) is 1.33. The summed E-state index contributed by atoms with van der Waals surface area (Å²) in [5.74, 6) is 0.754. The lowest BCUT2D eigenvalue weighted by Crippen LogP contribution is -2.50. The molecule has 0 radical (unpaired) electrons. The number of aromatic nitrogens is 1. The van der Waals surface area contributed by atoms with Gasteiger partial charge in [-0.1, -0.05) is 38.1 Å². The minimum Gasteiger partial charge on any atom is -0.339 e. The van der Waals surface area contributed by atoms with Crippen LogP contribution < -0.4 is 5.43 Å². The van der Waals surface area contributed by atoms with E-state index >= 15 is 0 Å². The van der Waals surface area contributed by atoms with Crippen LogP contribution >= 0.6 is 0 Å². The summed E-state index contributed by atoms with van der Waals surface area (Å²) in [4.78, 5) is 30.3. The Balaban J connectivity index is 1.63. The van der Waals surface area contributed by atoms with Crippen molar-refractivity contribution in [1.82, 2.24) is 14.4 Å². The van der Waals surface area contributed by atoms with E-state index in [1.54, 1.807) is 0 Å². The zero-order chi connectivity index (χ0) is 19.7. The van der Waals surface area contributed by atoms with Crippen LogP contribution in [0.5, 0.6) is 0 Å². The first-order valence-corrected chi connectivity index (χ1v) is 10.0. The monoisotopic (exact) mass is 377 g/mol. The molecule has 3 aromatic rings. The number of hydrogen-bond acceptors (Lipinski definition) is 3. The molecule has 146 valence electrons. The van der Waals surface area contributed by atoms with Gasteiger partial charge in [0.15, 0.2) is 5.43 Å². The van der Waals surface area contributed by atoms with E-state index in [0.29, 0.717) is 16.7 Å². The molecule has 1 saturated heterocycles. The van der Waals surface area contributed by atoms with Crippen molar-refractivity contribution < 1.29 is 4.79 Å². The summed E-state index contributed by atoms with van der Waals surface area (Å²) in [6.45, 7) is 9.17. The number of fused-ring (bicyclic) bond motifs is 2. The van der Waals surface area contributed by atoms with Crippen molar-refractivity contribution in [2.24, 2.45) is 5.92 Å². The minimum atomic E-state index is 0.0252. The van der Waals surface area contributed by atoms with Gasteiger partial charge in [-0.05, 0) is 30.2 Å². The maximum Gasteiger partial charge on any atom is 0.242 e. The van der Waals surface area contributed by atoms with E-state index in [9.17, 15) is 9.59 Å². The van der Waals surface area contributed by atoms with Gasteiger partial charge < -0.3 is 9.47 Å². The maximum atomic E-state index is 13.1. The van der Waals surface area contributed by atoms with E-state index in [0.717, 1.165) is 43.8 Å². The largest absolute Gasteiger partial charge is 0.339 e. The topological polar surface area (TPSA) is 45.5 Å². The Bertz CT molecular complexity index is 1000. The molecule has 2 heterocycles. The van der Waals surface area contributed by atoms with E-state index < -0.39 is 0 Å². The van der Waals surface area contributed by atoms with Crippen molar-refractivity contribution in [3.05, 3.63) is 58.8 Å². The number of para-hydroxylation sites is 2. The Morgan fingerprint density at radius 1 is 0.893 bits per heavy atom. The van der Waals surface area contributed by atoms with E-state index in [1.165, 1.54) is 0 Å². The van der Waals surface area contributed by atoms with Crippen molar-refractivity contribution in [2.45, 2.75) is 20.4 Å². The van der Waals surface area contributed by atoms with Gasteiger partial charge in [-0.15, -0.1) is 0 Å². The number of hydrogen-bond donors (Lipinski definition) is 0. The molecule has 0 aliphatic carbocycles. The lowest BCUT2D eigenvalue weighted by molar-refractivity contribution is -0.133. The molecule has 0 unspecified atom stereocenters. The Kier molecular flexibility index (Phi) is 5.18. The van der Waals surface area contributed by atoms with E-state index in [4.69, 9.17) is 0 Å². The predicted molar refractivity (Wildman–Crippen MR) is 114 cm³/mol. The molecule has 1 aliphatic heterocycles. The molecule has 5 nitrogen and oxygen atoms in total. The molecule has 4 rings (SSSR count). The molecule has 2 aromatic carbocycles. The van der Waals surface area contributed by atoms with Crippen LogP contribution in [-0.2, 0) is 11.3 Å². The predicted octanol–water partition coefficient (Wildman–Crippen LogP) is 2.95. The van der Waals surface area contributed by atoms with E-state index in [1.807, 2.05) is 58.0 Å². The van der Waals surface area contributed by atoms with Crippen LogP contribution in [0.2, 0.25) is 0 Å². The summed E-state index contributed by atoms with van der Waals surface area (Å²) < 4.78 is 1.99. The first-order chi connectivity index (χ1) is 13.5. The quantitative estimate of drug-likeness (QED) is 0.657. The molecular weight excluding hydrogens is 350 g/mol. The second kappa shape index (κ2) is 7.76.